The molecule has 3 aromatic rings. The van der Waals surface area contributed by atoms with Crippen LogP contribution >= 0.6 is 0 Å². The Kier molecular flexibility index (Phi) is 5.76. The van der Waals surface area contributed by atoms with Gasteiger partial charge in [-0.15, -0.1) is 0 Å². The van der Waals surface area contributed by atoms with Crippen LogP contribution in [0.1, 0.15) is 41.6 Å². The van der Waals surface area contributed by atoms with Gasteiger partial charge in [0.15, 0.2) is 0 Å². The molecule has 0 bridgehead atoms. The summed E-state index contributed by atoms with van der Waals surface area (Å²) < 4.78 is 24.9. The molecule has 0 aliphatic heterocycles. The molecular weight excluding hydrogens is 381 g/mol. The molecule has 4 nitrogen and oxygen atoms in total. The molecule has 0 N–H and O–H groups in total. The number of hydrogen-bond donors (Lipinski definition) is 0. The number of halogens is 1. The summed E-state index contributed by atoms with van der Waals surface area (Å²) in [5.74, 6) is -0.386. The topological polar surface area (TPSA) is 59.3 Å². The van der Waals surface area contributed by atoms with E-state index in [0.717, 1.165) is 35.8 Å². The molecular formula is C25H20FNO3. The van der Waals surface area contributed by atoms with Crippen molar-refractivity contribution in [3.8, 4) is 28.7 Å². The first-order valence-electron chi connectivity index (χ1n) is 9.91. The van der Waals surface area contributed by atoms with Gasteiger partial charge in [0, 0.05) is 6.07 Å². The number of benzene rings is 3. The molecule has 3 aromatic carbocycles. The van der Waals surface area contributed by atoms with Crippen LogP contribution in [0.5, 0.6) is 11.5 Å². The Morgan fingerprint density at radius 3 is 2.10 bits per heavy atom. The van der Waals surface area contributed by atoms with Gasteiger partial charge >= 0.3 is 5.97 Å². The van der Waals surface area contributed by atoms with Gasteiger partial charge in [0.1, 0.15) is 23.4 Å². The molecule has 150 valence electrons. The van der Waals surface area contributed by atoms with Gasteiger partial charge in [-0.05, 0) is 73.2 Å². The van der Waals surface area contributed by atoms with Crippen LogP contribution in [0, 0.1) is 17.1 Å². The molecule has 30 heavy (non-hydrogen) atoms. The van der Waals surface area contributed by atoms with Crippen LogP contribution in [-0.4, -0.2) is 12.1 Å². The van der Waals surface area contributed by atoms with E-state index in [-0.39, 0.29) is 11.3 Å². The van der Waals surface area contributed by atoms with Crippen LogP contribution in [0.2, 0.25) is 0 Å². The Morgan fingerprint density at radius 2 is 1.50 bits per heavy atom. The van der Waals surface area contributed by atoms with E-state index in [2.05, 4.69) is 0 Å². The summed E-state index contributed by atoms with van der Waals surface area (Å²) in [5, 5.41) is 8.76. The fraction of sp³-hybridized carbons (Fsp3) is 0.200. The number of carbonyl (C=O) groups excluding carboxylic acids is 1. The van der Waals surface area contributed by atoms with Gasteiger partial charge in [-0.25, -0.2) is 9.18 Å². The first-order chi connectivity index (χ1) is 14.6. The average molecular weight is 401 g/mol. The standard InChI is InChI=1S/C25H20FNO3/c26-24-15-23(14-11-20(24)16-27)30-25(28)19-7-5-17(6-8-19)18-9-12-22(13-10-18)29-21-3-1-2-4-21/h5-15,21H,1-4H2. The highest BCUT2D eigenvalue weighted by Gasteiger charge is 2.16. The van der Waals surface area contributed by atoms with E-state index in [4.69, 9.17) is 14.7 Å². The van der Waals surface area contributed by atoms with E-state index in [1.807, 2.05) is 36.4 Å². The summed E-state index contributed by atoms with van der Waals surface area (Å²) in [5.41, 5.74) is 2.23. The summed E-state index contributed by atoms with van der Waals surface area (Å²) in [6, 6.07) is 20.4. The van der Waals surface area contributed by atoms with Crippen LogP contribution in [0.15, 0.2) is 66.7 Å². The molecule has 0 saturated heterocycles. The molecule has 1 fully saturated rings. The second-order valence-electron chi connectivity index (χ2n) is 7.27. The maximum absolute atomic E-state index is 13.7. The molecule has 0 unspecified atom stereocenters. The lowest BCUT2D eigenvalue weighted by Crippen LogP contribution is -2.10. The van der Waals surface area contributed by atoms with Gasteiger partial charge in [-0.2, -0.15) is 5.26 Å². The van der Waals surface area contributed by atoms with Crippen molar-refractivity contribution in [2.45, 2.75) is 31.8 Å². The molecule has 1 saturated carbocycles. The molecule has 0 amide bonds. The van der Waals surface area contributed by atoms with Gasteiger partial charge in [0.25, 0.3) is 0 Å². The zero-order chi connectivity index (χ0) is 20.9. The quantitative estimate of drug-likeness (QED) is 0.394. The highest BCUT2D eigenvalue weighted by Crippen LogP contribution is 2.27. The maximum atomic E-state index is 13.7. The van der Waals surface area contributed by atoms with Gasteiger partial charge in [0.2, 0.25) is 0 Å². The molecule has 1 aliphatic carbocycles. The average Bonchev–Trinajstić information content (AvgIpc) is 3.28. The minimum Gasteiger partial charge on any atom is -0.490 e. The summed E-state index contributed by atoms with van der Waals surface area (Å²) in [6.45, 7) is 0. The lowest BCUT2D eigenvalue weighted by Gasteiger charge is -2.13. The number of hydrogen-bond acceptors (Lipinski definition) is 4. The number of carbonyl (C=O) groups is 1. The van der Waals surface area contributed by atoms with Crippen LogP contribution in [0.3, 0.4) is 0 Å². The Hall–Kier alpha value is -3.65. The normalized spacial score (nSPS) is 13.6. The fourth-order valence-corrected chi connectivity index (χ4v) is 3.54. The van der Waals surface area contributed by atoms with Gasteiger partial charge in [-0.1, -0.05) is 24.3 Å². The molecule has 5 heteroatoms. The Bertz CT molecular complexity index is 1080. The van der Waals surface area contributed by atoms with E-state index in [1.54, 1.807) is 18.2 Å². The Labute approximate surface area is 174 Å². The van der Waals surface area contributed by atoms with Gasteiger partial charge in [-0.3, -0.25) is 0 Å². The number of ether oxygens (including phenoxy) is 2. The van der Waals surface area contributed by atoms with Crippen molar-refractivity contribution in [3.63, 3.8) is 0 Å². The number of nitrogens with zero attached hydrogens (tertiary/aromatic N) is 1. The van der Waals surface area contributed by atoms with Crippen LogP contribution in [0.4, 0.5) is 4.39 Å². The smallest absolute Gasteiger partial charge is 0.343 e. The minimum absolute atomic E-state index is 0.0541. The highest BCUT2D eigenvalue weighted by atomic mass is 19.1. The maximum Gasteiger partial charge on any atom is 0.343 e. The minimum atomic E-state index is -0.724. The van der Waals surface area contributed by atoms with Crippen molar-refractivity contribution >= 4 is 5.97 Å². The second kappa shape index (κ2) is 8.79. The molecule has 1 aliphatic rings. The summed E-state index contributed by atoms with van der Waals surface area (Å²) >= 11 is 0. The van der Waals surface area contributed by atoms with E-state index in [0.29, 0.717) is 11.7 Å². The number of rotatable bonds is 5. The van der Waals surface area contributed by atoms with Crippen LogP contribution in [-0.2, 0) is 0 Å². The highest BCUT2D eigenvalue weighted by molar-refractivity contribution is 5.91. The van der Waals surface area contributed by atoms with Crippen molar-refractivity contribution in [1.29, 1.82) is 5.26 Å². The van der Waals surface area contributed by atoms with Gasteiger partial charge in [0.05, 0.1) is 17.2 Å². The SMILES string of the molecule is N#Cc1ccc(OC(=O)c2ccc(-c3ccc(OC4CCCC4)cc3)cc2)cc1F. The third-order valence-corrected chi connectivity index (χ3v) is 5.18. The molecule has 4 rings (SSSR count). The Morgan fingerprint density at radius 1 is 0.900 bits per heavy atom. The van der Waals surface area contributed by atoms with E-state index >= 15 is 0 Å². The molecule has 0 heterocycles. The first-order valence-corrected chi connectivity index (χ1v) is 9.91. The predicted molar refractivity (Wildman–Crippen MR) is 111 cm³/mol. The van der Waals surface area contributed by atoms with E-state index in [9.17, 15) is 9.18 Å². The summed E-state index contributed by atoms with van der Waals surface area (Å²) in [4.78, 5) is 12.3. The zero-order valence-electron chi connectivity index (χ0n) is 16.3. The van der Waals surface area contributed by atoms with Crippen molar-refractivity contribution < 1.29 is 18.7 Å². The van der Waals surface area contributed by atoms with Crippen LogP contribution in [0.25, 0.3) is 11.1 Å². The largest absolute Gasteiger partial charge is 0.490 e. The van der Waals surface area contributed by atoms with E-state index in [1.165, 1.54) is 25.0 Å². The number of esters is 1. The van der Waals surface area contributed by atoms with Crippen LogP contribution < -0.4 is 9.47 Å². The number of nitriles is 1. The van der Waals surface area contributed by atoms with Crippen molar-refractivity contribution in [2.24, 2.45) is 0 Å². The Balaban J connectivity index is 1.41. The lowest BCUT2D eigenvalue weighted by atomic mass is 10.0. The predicted octanol–water partition coefficient (Wildman–Crippen LogP) is 5.90. The van der Waals surface area contributed by atoms with Crippen molar-refractivity contribution in [1.82, 2.24) is 0 Å². The molecule has 0 radical (unpaired) electrons. The molecule has 0 spiro atoms. The summed E-state index contributed by atoms with van der Waals surface area (Å²) in [7, 11) is 0. The first kappa shape index (κ1) is 19.7. The van der Waals surface area contributed by atoms with E-state index < -0.39 is 11.8 Å². The van der Waals surface area contributed by atoms with Gasteiger partial charge < -0.3 is 9.47 Å². The third kappa shape index (κ3) is 4.49. The zero-order valence-corrected chi connectivity index (χ0v) is 16.3. The third-order valence-electron chi connectivity index (χ3n) is 5.18. The van der Waals surface area contributed by atoms with Crippen molar-refractivity contribution in [3.05, 3.63) is 83.7 Å². The van der Waals surface area contributed by atoms with Crippen molar-refractivity contribution in [2.75, 3.05) is 0 Å². The fourth-order valence-electron chi connectivity index (χ4n) is 3.54. The molecule has 0 atom stereocenters. The second-order valence-corrected chi connectivity index (χ2v) is 7.27. The monoisotopic (exact) mass is 401 g/mol. The molecule has 0 aromatic heterocycles. The lowest BCUT2D eigenvalue weighted by molar-refractivity contribution is 0.0734. The summed E-state index contributed by atoms with van der Waals surface area (Å²) in [6.07, 6.45) is 5.03.